The van der Waals surface area contributed by atoms with Crippen molar-refractivity contribution in [3.8, 4) is 0 Å². The van der Waals surface area contributed by atoms with Crippen LogP contribution in [-0.2, 0) is 0 Å². The minimum atomic E-state index is 1.21. The number of nitrogens with one attached hydrogen (secondary N) is 1. The fourth-order valence-corrected chi connectivity index (χ4v) is 3.92. The number of H-pyrrole nitrogens is 1. The topological polar surface area (TPSA) is 15.8 Å². The Labute approximate surface area is 152 Å². The van der Waals surface area contributed by atoms with Crippen LogP contribution in [0.4, 0.5) is 0 Å². The standard InChI is InChI=1S/C12H9N.2C6H12/c1-3-7-11-9(5-1)10-6-2-4-8-12(10)13-11;2*1-2-4-6-5-3-1/h1-8,13H;2*1-6H2. The first-order valence-electron chi connectivity index (χ1n) is 10.4. The minimum Gasteiger partial charge on any atom is -0.355 e. The average molecular weight is 336 g/mol. The predicted octanol–water partition coefficient (Wildman–Crippen LogP) is 8.00. The van der Waals surface area contributed by atoms with E-state index in [0.717, 1.165) is 0 Å². The van der Waals surface area contributed by atoms with Gasteiger partial charge in [0, 0.05) is 21.8 Å². The summed E-state index contributed by atoms with van der Waals surface area (Å²) >= 11 is 0. The second kappa shape index (κ2) is 10.3. The van der Waals surface area contributed by atoms with Crippen LogP contribution < -0.4 is 0 Å². The molecule has 1 heteroatoms. The van der Waals surface area contributed by atoms with E-state index in [0.29, 0.717) is 0 Å². The first kappa shape index (κ1) is 18.0. The van der Waals surface area contributed by atoms with Gasteiger partial charge in [0.1, 0.15) is 0 Å². The summed E-state index contributed by atoms with van der Waals surface area (Å²) in [7, 11) is 0. The highest BCUT2D eigenvalue weighted by molar-refractivity contribution is 6.06. The molecule has 0 unspecified atom stereocenters. The fraction of sp³-hybridized carbons (Fsp3) is 0.500. The largest absolute Gasteiger partial charge is 0.355 e. The molecule has 1 heterocycles. The maximum atomic E-state index is 3.38. The molecule has 1 N–H and O–H groups in total. The van der Waals surface area contributed by atoms with E-state index in [2.05, 4.69) is 53.5 Å². The lowest BCUT2D eigenvalue weighted by Gasteiger charge is -2.05. The molecule has 1 nitrogen and oxygen atoms in total. The van der Waals surface area contributed by atoms with E-state index >= 15 is 0 Å². The highest BCUT2D eigenvalue weighted by Crippen LogP contribution is 2.24. The van der Waals surface area contributed by atoms with Crippen molar-refractivity contribution in [1.82, 2.24) is 4.98 Å². The van der Waals surface area contributed by atoms with Gasteiger partial charge in [0.25, 0.3) is 0 Å². The van der Waals surface area contributed by atoms with Crippen LogP contribution in [0.5, 0.6) is 0 Å². The van der Waals surface area contributed by atoms with Crippen LogP contribution in [0.25, 0.3) is 21.8 Å². The van der Waals surface area contributed by atoms with Crippen LogP contribution in [-0.4, -0.2) is 4.98 Å². The molecule has 2 saturated carbocycles. The third kappa shape index (κ3) is 5.63. The SMILES string of the molecule is C1CCCCC1.C1CCCCC1.c1ccc2c(c1)[nH]c1ccccc12. The van der Waals surface area contributed by atoms with Gasteiger partial charge in [-0.2, -0.15) is 0 Å². The number of rotatable bonds is 0. The second-order valence-electron chi connectivity index (χ2n) is 7.46. The number of aromatic amines is 1. The summed E-state index contributed by atoms with van der Waals surface area (Å²) in [5.41, 5.74) is 2.42. The number of aromatic nitrogens is 1. The molecule has 0 atom stereocenters. The maximum Gasteiger partial charge on any atom is 0.0464 e. The Bertz CT molecular complexity index is 647. The van der Waals surface area contributed by atoms with Crippen LogP contribution in [0.3, 0.4) is 0 Å². The van der Waals surface area contributed by atoms with Crippen LogP contribution in [0.1, 0.15) is 77.0 Å². The molecule has 0 amide bonds. The fourth-order valence-electron chi connectivity index (χ4n) is 3.92. The Morgan fingerprint density at radius 3 is 1.00 bits per heavy atom. The molecule has 0 saturated heterocycles. The van der Waals surface area contributed by atoms with Gasteiger partial charge in [-0.05, 0) is 12.1 Å². The van der Waals surface area contributed by atoms with Gasteiger partial charge in [0.15, 0.2) is 0 Å². The van der Waals surface area contributed by atoms with Crippen molar-refractivity contribution in [2.45, 2.75) is 77.0 Å². The summed E-state index contributed by atoms with van der Waals surface area (Å²) in [6.07, 6.45) is 18.0. The van der Waals surface area contributed by atoms with E-state index in [1.165, 1.54) is 98.9 Å². The van der Waals surface area contributed by atoms with Gasteiger partial charge in [-0.25, -0.2) is 0 Å². The summed E-state index contributed by atoms with van der Waals surface area (Å²) in [5.74, 6) is 0. The summed E-state index contributed by atoms with van der Waals surface area (Å²) in [6, 6.07) is 16.8. The van der Waals surface area contributed by atoms with Crippen molar-refractivity contribution in [1.29, 1.82) is 0 Å². The zero-order valence-electron chi connectivity index (χ0n) is 15.6. The predicted molar refractivity (Wildman–Crippen MR) is 111 cm³/mol. The van der Waals surface area contributed by atoms with Crippen molar-refractivity contribution < 1.29 is 0 Å². The van der Waals surface area contributed by atoms with Crippen LogP contribution in [0, 0.1) is 0 Å². The zero-order valence-corrected chi connectivity index (χ0v) is 15.6. The van der Waals surface area contributed by atoms with Crippen molar-refractivity contribution in [3.63, 3.8) is 0 Å². The van der Waals surface area contributed by atoms with Crippen molar-refractivity contribution in [2.75, 3.05) is 0 Å². The number of para-hydroxylation sites is 2. The summed E-state index contributed by atoms with van der Waals surface area (Å²) in [5, 5.41) is 2.61. The van der Waals surface area contributed by atoms with Crippen molar-refractivity contribution in [3.05, 3.63) is 48.5 Å². The van der Waals surface area contributed by atoms with Crippen molar-refractivity contribution >= 4 is 21.8 Å². The van der Waals surface area contributed by atoms with Crippen LogP contribution >= 0.6 is 0 Å². The molecule has 2 aromatic carbocycles. The van der Waals surface area contributed by atoms with Crippen molar-refractivity contribution in [2.24, 2.45) is 0 Å². The van der Waals surface area contributed by atoms with Gasteiger partial charge < -0.3 is 4.98 Å². The molecule has 0 radical (unpaired) electrons. The van der Waals surface area contributed by atoms with E-state index in [1.54, 1.807) is 0 Å². The van der Waals surface area contributed by atoms with Gasteiger partial charge in [-0.1, -0.05) is 113 Å². The highest BCUT2D eigenvalue weighted by atomic mass is 14.7. The maximum absolute atomic E-state index is 3.38. The molecular formula is C24H33N. The minimum absolute atomic E-state index is 1.21. The summed E-state index contributed by atoms with van der Waals surface area (Å²) in [6.45, 7) is 0. The molecule has 2 fully saturated rings. The van der Waals surface area contributed by atoms with Crippen LogP contribution in [0.15, 0.2) is 48.5 Å². The zero-order chi connectivity index (χ0) is 17.2. The lowest BCUT2D eigenvalue weighted by molar-refractivity contribution is 0.504. The molecule has 2 aliphatic rings. The lowest BCUT2D eigenvalue weighted by Crippen LogP contribution is -1.85. The Morgan fingerprint density at radius 1 is 0.400 bits per heavy atom. The van der Waals surface area contributed by atoms with Crippen LogP contribution in [0.2, 0.25) is 0 Å². The first-order chi connectivity index (χ1) is 12.4. The molecular weight excluding hydrogens is 302 g/mol. The van der Waals surface area contributed by atoms with E-state index < -0.39 is 0 Å². The molecule has 134 valence electrons. The molecule has 0 bridgehead atoms. The molecule has 5 rings (SSSR count). The highest BCUT2D eigenvalue weighted by Gasteiger charge is 2.00. The Balaban J connectivity index is 0.000000127. The van der Waals surface area contributed by atoms with E-state index in [9.17, 15) is 0 Å². The smallest absolute Gasteiger partial charge is 0.0464 e. The number of fused-ring (bicyclic) bond motifs is 3. The third-order valence-corrected chi connectivity index (χ3v) is 5.41. The normalized spacial score (nSPS) is 17.3. The summed E-state index contributed by atoms with van der Waals surface area (Å²) in [4.78, 5) is 3.38. The molecule has 1 aromatic heterocycles. The first-order valence-corrected chi connectivity index (χ1v) is 10.4. The molecule has 0 aliphatic heterocycles. The van der Waals surface area contributed by atoms with E-state index in [1.807, 2.05) is 0 Å². The number of hydrogen-bond donors (Lipinski definition) is 1. The van der Waals surface area contributed by atoms with Gasteiger partial charge in [-0.3, -0.25) is 0 Å². The Morgan fingerprint density at radius 2 is 0.680 bits per heavy atom. The van der Waals surface area contributed by atoms with Gasteiger partial charge in [0.2, 0.25) is 0 Å². The lowest BCUT2D eigenvalue weighted by atomic mass is 10.0. The molecule has 2 aliphatic carbocycles. The third-order valence-electron chi connectivity index (χ3n) is 5.41. The molecule has 0 spiro atoms. The second-order valence-corrected chi connectivity index (χ2v) is 7.46. The summed E-state index contributed by atoms with van der Waals surface area (Å²) < 4.78 is 0. The Hall–Kier alpha value is -1.76. The molecule has 3 aromatic rings. The molecule has 25 heavy (non-hydrogen) atoms. The van der Waals surface area contributed by atoms with E-state index in [-0.39, 0.29) is 0 Å². The van der Waals surface area contributed by atoms with Gasteiger partial charge >= 0.3 is 0 Å². The van der Waals surface area contributed by atoms with Gasteiger partial charge in [0.05, 0.1) is 0 Å². The monoisotopic (exact) mass is 335 g/mol. The number of benzene rings is 2. The average Bonchev–Trinajstić information content (AvgIpc) is 3.10. The van der Waals surface area contributed by atoms with Gasteiger partial charge in [-0.15, -0.1) is 0 Å². The Kier molecular flexibility index (Phi) is 7.42. The van der Waals surface area contributed by atoms with E-state index in [4.69, 9.17) is 0 Å². The number of hydrogen-bond acceptors (Lipinski definition) is 0. The quantitative estimate of drug-likeness (QED) is 0.428.